The van der Waals surface area contributed by atoms with Gasteiger partial charge in [-0.05, 0) is 25.8 Å². The van der Waals surface area contributed by atoms with Crippen molar-refractivity contribution in [2.24, 2.45) is 4.99 Å². The van der Waals surface area contributed by atoms with Gasteiger partial charge in [-0.1, -0.05) is 48.9 Å². The number of aryl methyl sites for hydroxylation is 1. The van der Waals surface area contributed by atoms with E-state index in [2.05, 4.69) is 61.7 Å². The lowest BCUT2D eigenvalue weighted by Crippen LogP contribution is -2.30. The molecule has 0 unspecified atom stereocenters. The Kier molecular flexibility index (Phi) is 3.35. The number of aliphatic imine (C=N–C) groups is 1. The van der Waals surface area contributed by atoms with Crippen LogP contribution in [0.4, 0.5) is 5.69 Å². The van der Waals surface area contributed by atoms with Crippen molar-refractivity contribution in [1.29, 1.82) is 0 Å². The molecule has 1 aromatic carbocycles. The molecule has 1 atom stereocenters. The van der Waals surface area contributed by atoms with Crippen LogP contribution in [-0.2, 0) is 11.3 Å². The van der Waals surface area contributed by atoms with Crippen molar-refractivity contribution < 1.29 is 4.74 Å². The van der Waals surface area contributed by atoms with Gasteiger partial charge < -0.3 is 10.1 Å². The van der Waals surface area contributed by atoms with Crippen LogP contribution in [0.3, 0.4) is 0 Å². The predicted molar refractivity (Wildman–Crippen MR) is 82.9 cm³/mol. The third-order valence-electron chi connectivity index (χ3n) is 3.93. The molecule has 0 spiro atoms. The molecule has 0 saturated heterocycles. The third-order valence-corrected chi connectivity index (χ3v) is 3.93. The van der Waals surface area contributed by atoms with Crippen molar-refractivity contribution in [3.63, 3.8) is 0 Å². The first-order valence-electron chi connectivity index (χ1n) is 7.14. The minimum atomic E-state index is -0.167. The van der Waals surface area contributed by atoms with Gasteiger partial charge >= 0.3 is 0 Å². The van der Waals surface area contributed by atoms with E-state index in [0.29, 0.717) is 12.6 Å². The molecule has 0 bridgehead atoms. The van der Waals surface area contributed by atoms with Crippen LogP contribution in [0.1, 0.15) is 30.9 Å². The first-order valence-corrected chi connectivity index (χ1v) is 7.14. The Morgan fingerprint density at radius 1 is 1.35 bits per heavy atom. The number of hydrogen-bond acceptors (Lipinski definition) is 2. The van der Waals surface area contributed by atoms with Gasteiger partial charge in [-0.3, -0.25) is 0 Å². The lowest BCUT2D eigenvalue weighted by molar-refractivity contribution is 0.279. The summed E-state index contributed by atoms with van der Waals surface area (Å²) in [4.78, 5) is 4.81. The molecule has 1 aromatic rings. The second-order valence-electron chi connectivity index (χ2n) is 5.44. The zero-order valence-electron chi connectivity index (χ0n) is 12.0. The molecule has 1 aliphatic heterocycles. The average molecular weight is 268 g/mol. The smallest absolute Gasteiger partial charge is 0.290 e. The molecule has 0 radical (unpaired) electrons. The Labute approximate surface area is 120 Å². The number of fused-ring (bicyclic) bond motifs is 1. The van der Waals surface area contributed by atoms with E-state index >= 15 is 0 Å². The van der Waals surface area contributed by atoms with Gasteiger partial charge in [0.15, 0.2) is 0 Å². The molecule has 3 nitrogen and oxygen atoms in total. The van der Waals surface area contributed by atoms with Gasteiger partial charge in [-0.15, -0.1) is 0 Å². The fourth-order valence-corrected chi connectivity index (χ4v) is 2.60. The van der Waals surface area contributed by atoms with Crippen molar-refractivity contribution in [2.45, 2.75) is 38.8 Å². The third kappa shape index (κ3) is 2.48. The van der Waals surface area contributed by atoms with E-state index in [1.807, 2.05) is 0 Å². The summed E-state index contributed by atoms with van der Waals surface area (Å²) in [6, 6.07) is 6.98. The van der Waals surface area contributed by atoms with Crippen molar-refractivity contribution in [1.82, 2.24) is 0 Å². The molecule has 2 aliphatic rings. The van der Waals surface area contributed by atoms with Gasteiger partial charge in [-0.25, -0.2) is 4.99 Å². The zero-order valence-corrected chi connectivity index (χ0v) is 12.0. The van der Waals surface area contributed by atoms with Crippen molar-refractivity contribution in [2.75, 3.05) is 5.32 Å². The maximum absolute atomic E-state index is 5.77. The van der Waals surface area contributed by atoms with Crippen LogP contribution in [0.5, 0.6) is 0 Å². The fourth-order valence-electron chi connectivity index (χ4n) is 2.60. The van der Waals surface area contributed by atoms with Crippen LogP contribution in [0.2, 0.25) is 0 Å². The monoisotopic (exact) mass is 268 g/mol. The number of allylic oxidation sites excluding steroid dienone is 2. The average Bonchev–Trinajstić information content (AvgIpc) is 2.48. The Bertz CT molecular complexity index is 601. The Balaban J connectivity index is 1.86. The molecule has 1 aliphatic carbocycles. The lowest BCUT2D eigenvalue weighted by Gasteiger charge is -2.28. The summed E-state index contributed by atoms with van der Waals surface area (Å²) < 4.78 is 5.77. The van der Waals surface area contributed by atoms with E-state index in [-0.39, 0.29) is 5.54 Å². The van der Waals surface area contributed by atoms with Crippen molar-refractivity contribution in [3.05, 3.63) is 53.6 Å². The number of rotatable bonds is 2. The summed E-state index contributed by atoms with van der Waals surface area (Å²) in [5.74, 6) is 0. The predicted octanol–water partition coefficient (Wildman–Crippen LogP) is 3.96. The number of anilines is 1. The minimum Gasteiger partial charge on any atom is -0.460 e. The molecule has 0 saturated carbocycles. The van der Waals surface area contributed by atoms with E-state index in [1.54, 1.807) is 0 Å². The number of hydrogen-bond donors (Lipinski definition) is 1. The highest BCUT2D eigenvalue weighted by Crippen LogP contribution is 2.29. The quantitative estimate of drug-likeness (QED) is 0.881. The number of ether oxygens (including phenoxy) is 1. The molecule has 104 valence electrons. The molecule has 0 aromatic heterocycles. The number of nitrogens with one attached hydrogen (secondary N) is 1. The summed E-state index contributed by atoms with van der Waals surface area (Å²) in [6.45, 7) is 4.84. The second-order valence-corrected chi connectivity index (χ2v) is 5.44. The minimum absolute atomic E-state index is 0.167. The normalized spacial score (nSPS) is 26.0. The van der Waals surface area contributed by atoms with Crippen LogP contribution in [0.15, 0.2) is 47.5 Å². The van der Waals surface area contributed by atoms with E-state index in [4.69, 9.17) is 9.73 Å². The molecular weight excluding hydrogens is 248 g/mol. The largest absolute Gasteiger partial charge is 0.460 e. The van der Waals surface area contributed by atoms with Gasteiger partial charge in [0, 0.05) is 11.3 Å². The van der Waals surface area contributed by atoms with Crippen LogP contribution in [-0.4, -0.2) is 11.6 Å². The van der Waals surface area contributed by atoms with Crippen LogP contribution < -0.4 is 5.32 Å². The molecule has 20 heavy (non-hydrogen) atoms. The van der Waals surface area contributed by atoms with E-state index in [9.17, 15) is 0 Å². The first-order chi connectivity index (χ1) is 9.71. The molecule has 3 heteroatoms. The fraction of sp³-hybridized carbons (Fsp3) is 0.353. The van der Waals surface area contributed by atoms with Gasteiger partial charge in [0.05, 0.1) is 5.54 Å². The summed E-state index contributed by atoms with van der Waals surface area (Å²) in [7, 11) is 0. The molecule has 3 rings (SSSR count). The Morgan fingerprint density at radius 2 is 2.25 bits per heavy atom. The standard InChI is InChI=1S/C17H20N2O/c1-3-17(9-5-4-6-10-17)19-16-18-15-8-7-13(2)11-14(15)12-20-16/h4-9,11H,3,10,12H2,1-2H3,(H,18,19)/t17-/m0/s1. The molecule has 0 fully saturated rings. The summed E-state index contributed by atoms with van der Waals surface area (Å²) >= 11 is 0. The zero-order chi connectivity index (χ0) is 14.0. The second kappa shape index (κ2) is 5.16. The topological polar surface area (TPSA) is 33.6 Å². The van der Waals surface area contributed by atoms with E-state index < -0.39 is 0 Å². The van der Waals surface area contributed by atoms with Crippen molar-refractivity contribution in [3.8, 4) is 0 Å². The molecule has 1 heterocycles. The molecular formula is C17H20N2O. The van der Waals surface area contributed by atoms with E-state index in [1.165, 1.54) is 11.1 Å². The maximum atomic E-state index is 5.77. The Morgan fingerprint density at radius 3 is 3.00 bits per heavy atom. The van der Waals surface area contributed by atoms with Crippen LogP contribution in [0, 0.1) is 6.92 Å². The van der Waals surface area contributed by atoms with Gasteiger partial charge in [0.2, 0.25) is 0 Å². The number of amidine groups is 1. The van der Waals surface area contributed by atoms with E-state index in [0.717, 1.165) is 18.5 Å². The van der Waals surface area contributed by atoms with Crippen molar-refractivity contribution >= 4 is 11.7 Å². The summed E-state index contributed by atoms with van der Waals surface area (Å²) in [5, 5.41) is 3.30. The van der Waals surface area contributed by atoms with Gasteiger partial charge in [-0.2, -0.15) is 0 Å². The molecule has 0 amide bonds. The highest BCUT2D eigenvalue weighted by molar-refractivity contribution is 5.92. The highest BCUT2D eigenvalue weighted by atomic mass is 16.5. The Hall–Kier alpha value is -2.03. The van der Waals surface area contributed by atoms with Gasteiger partial charge in [0.25, 0.3) is 6.02 Å². The summed E-state index contributed by atoms with van der Waals surface area (Å²) in [6.07, 6.45) is 10.3. The lowest BCUT2D eigenvalue weighted by atomic mass is 9.89. The molecule has 1 N–H and O–H groups in total. The van der Waals surface area contributed by atoms with Crippen LogP contribution >= 0.6 is 0 Å². The SMILES string of the molecule is CC[C@]1(N=C2Nc3ccc(C)cc3CO2)C=CC=CC1. The number of benzene rings is 1. The number of nitrogens with zero attached hydrogens (tertiary/aromatic N) is 1. The first kappa shape index (κ1) is 13.0. The summed E-state index contributed by atoms with van der Waals surface area (Å²) in [5.41, 5.74) is 3.37. The van der Waals surface area contributed by atoms with Gasteiger partial charge in [0.1, 0.15) is 6.61 Å². The maximum Gasteiger partial charge on any atom is 0.290 e. The highest BCUT2D eigenvalue weighted by Gasteiger charge is 2.26. The van der Waals surface area contributed by atoms with Crippen LogP contribution in [0.25, 0.3) is 0 Å².